The molecule has 0 radical (unpaired) electrons. The number of carbonyl (C=O) groups excluding carboxylic acids is 4. The Morgan fingerprint density at radius 3 is 2.64 bits per heavy atom. The number of aromatic nitrogens is 2. The second kappa shape index (κ2) is 9.68. The summed E-state index contributed by atoms with van der Waals surface area (Å²) in [6.45, 7) is 4.38. The summed E-state index contributed by atoms with van der Waals surface area (Å²) in [4.78, 5) is 51.3. The number of imide groups is 2. The van der Waals surface area contributed by atoms with Gasteiger partial charge in [-0.15, -0.1) is 0 Å². The van der Waals surface area contributed by atoms with E-state index in [0.717, 1.165) is 21.9 Å². The van der Waals surface area contributed by atoms with Crippen molar-refractivity contribution in [2.75, 3.05) is 5.32 Å². The number of carbonyl (C=O) groups is 4. The van der Waals surface area contributed by atoms with E-state index < -0.39 is 29.7 Å². The van der Waals surface area contributed by atoms with Crippen molar-refractivity contribution in [3.63, 3.8) is 0 Å². The lowest BCUT2D eigenvalue weighted by Gasteiger charge is -2.27. The largest absolute Gasteiger partial charge is 0.491 e. The standard InChI is InChI=1S/C29H29N5O5/c1-16(2)39-21-11-19(18-6-7-18)10-20(12-21)33-15-17(14-31-33)13-30-23-5-3-4-22-26(23)29(38)34(28(22)37)24-8-9-25(35)32-27(24)36/h3-5,10-12,14-16,18,24,30H,6-9,13H2,1-2H3,(H,32,35,36). The summed E-state index contributed by atoms with van der Waals surface area (Å²) in [7, 11) is 0. The fourth-order valence-electron chi connectivity index (χ4n) is 5.18. The van der Waals surface area contributed by atoms with E-state index in [1.165, 1.54) is 18.4 Å². The van der Waals surface area contributed by atoms with Crippen LogP contribution in [0.15, 0.2) is 48.8 Å². The molecule has 1 unspecified atom stereocenters. The average molecular weight is 528 g/mol. The fourth-order valence-corrected chi connectivity index (χ4v) is 5.18. The zero-order valence-corrected chi connectivity index (χ0v) is 21.8. The van der Waals surface area contributed by atoms with Crippen LogP contribution in [-0.2, 0) is 16.1 Å². The molecule has 2 fully saturated rings. The minimum absolute atomic E-state index is 0.0674. The van der Waals surface area contributed by atoms with Crippen LogP contribution in [0.3, 0.4) is 0 Å². The molecule has 200 valence electrons. The molecule has 6 rings (SSSR count). The number of rotatable bonds is 8. The number of nitrogens with one attached hydrogen (secondary N) is 2. The third-order valence-electron chi connectivity index (χ3n) is 7.19. The van der Waals surface area contributed by atoms with E-state index in [-0.39, 0.29) is 30.1 Å². The van der Waals surface area contributed by atoms with Crippen molar-refractivity contribution in [1.29, 1.82) is 0 Å². The summed E-state index contributed by atoms with van der Waals surface area (Å²) in [5.74, 6) is -0.720. The van der Waals surface area contributed by atoms with Gasteiger partial charge in [-0.1, -0.05) is 6.07 Å². The minimum Gasteiger partial charge on any atom is -0.491 e. The Labute approximate surface area is 225 Å². The van der Waals surface area contributed by atoms with Crippen LogP contribution in [0, 0.1) is 0 Å². The first-order chi connectivity index (χ1) is 18.8. The maximum atomic E-state index is 13.3. The van der Waals surface area contributed by atoms with Gasteiger partial charge in [-0.25, -0.2) is 4.68 Å². The number of benzene rings is 2. The number of anilines is 1. The first-order valence-electron chi connectivity index (χ1n) is 13.2. The van der Waals surface area contributed by atoms with Crippen molar-refractivity contribution in [2.45, 2.75) is 64.1 Å². The van der Waals surface area contributed by atoms with E-state index in [9.17, 15) is 19.2 Å². The highest BCUT2D eigenvalue weighted by Crippen LogP contribution is 2.42. The summed E-state index contributed by atoms with van der Waals surface area (Å²) in [5.41, 5.74) is 4.02. The monoisotopic (exact) mass is 527 g/mol. The van der Waals surface area contributed by atoms with Gasteiger partial charge in [0.1, 0.15) is 11.8 Å². The lowest BCUT2D eigenvalue weighted by Crippen LogP contribution is -2.54. The van der Waals surface area contributed by atoms with Crippen LogP contribution in [0.25, 0.3) is 5.69 Å². The average Bonchev–Trinajstić information content (AvgIpc) is 3.59. The van der Waals surface area contributed by atoms with Crippen LogP contribution in [0.2, 0.25) is 0 Å². The Morgan fingerprint density at radius 1 is 1.08 bits per heavy atom. The van der Waals surface area contributed by atoms with Crippen LogP contribution in [0.5, 0.6) is 5.75 Å². The van der Waals surface area contributed by atoms with Crippen LogP contribution in [-0.4, -0.2) is 50.5 Å². The van der Waals surface area contributed by atoms with E-state index in [1.54, 1.807) is 24.4 Å². The molecule has 1 saturated carbocycles. The number of hydrogen-bond donors (Lipinski definition) is 2. The summed E-state index contributed by atoms with van der Waals surface area (Å²) in [6.07, 6.45) is 6.30. The highest BCUT2D eigenvalue weighted by Gasteiger charge is 2.45. The Bertz CT molecular complexity index is 1510. The molecular weight excluding hydrogens is 498 g/mol. The first-order valence-corrected chi connectivity index (χ1v) is 13.2. The summed E-state index contributed by atoms with van der Waals surface area (Å²) >= 11 is 0. The minimum atomic E-state index is -1.00. The zero-order chi connectivity index (χ0) is 27.3. The molecule has 3 aromatic rings. The van der Waals surface area contributed by atoms with E-state index in [0.29, 0.717) is 18.2 Å². The van der Waals surface area contributed by atoms with Crippen LogP contribution < -0.4 is 15.4 Å². The number of nitrogens with zero attached hydrogens (tertiary/aromatic N) is 3. The maximum Gasteiger partial charge on any atom is 0.264 e. The summed E-state index contributed by atoms with van der Waals surface area (Å²) in [6, 6.07) is 10.2. The lowest BCUT2D eigenvalue weighted by molar-refractivity contribution is -0.136. The molecule has 1 atom stereocenters. The first kappa shape index (κ1) is 24.8. The van der Waals surface area contributed by atoms with Crippen molar-refractivity contribution < 1.29 is 23.9 Å². The molecule has 1 saturated heterocycles. The third kappa shape index (κ3) is 4.78. The number of amides is 4. The number of hydrogen-bond acceptors (Lipinski definition) is 7. The molecule has 2 aliphatic heterocycles. The molecule has 0 spiro atoms. The SMILES string of the molecule is CC(C)Oc1cc(C2CC2)cc(-n2cc(CNc3cccc4c3C(=O)N(C3CCC(=O)NC3=O)C4=O)cn2)c1. The van der Waals surface area contributed by atoms with Crippen molar-refractivity contribution in [3.05, 3.63) is 71.0 Å². The highest BCUT2D eigenvalue weighted by molar-refractivity contribution is 6.25. The van der Waals surface area contributed by atoms with Gasteiger partial charge in [-0.3, -0.25) is 29.4 Å². The Hall–Kier alpha value is -4.47. The predicted molar refractivity (Wildman–Crippen MR) is 142 cm³/mol. The van der Waals surface area contributed by atoms with E-state index >= 15 is 0 Å². The van der Waals surface area contributed by atoms with E-state index in [2.05, 4.69) is 27.9 Å². The summed E-state index contributed by atoms with van der Waals surface area (Å²) in [5, 5.41) is 10.0. The van der Waals surface area contributed by atoms with Crippen molar-refractivity contribution in [3.8, 4) is 11.4 Å². The van der Waals surface area contributed by atoms with Gasteiger partial charge in [0.25, 0.3) is 11.8 Å². The van der Waals surface area contributed by atoms with Gasteiger partial charge in [-0.2, -0.15) is 5.10 Å². The molecule has 1 aliphatic carbocycles. The molecule has 0 bridgehead atoms. The maximum absolute atomic E-state index is 13.3. The molecule has 2 N–H and O–H groups in total. The second-order valence-electron chi connectivity index (χ2n) is 10.5. The number of piperidine rings is 1. The molecule has 10 heteroatoms. The predicted octanol–water partition coefficient (Wildman–Crippen LogP) is 3.55. The van der Waals surface area contributed by atoms with Gasteiger partial charge in [0.15, 0.2) is 0 Å². The van der Waals surface area contributed by atoms with Crippen molar-refractivity contribution in [1.82, 2.24) is 20.0 Å². The Morgan fingerprint density at radius 2 is 1.90 bits per heavy atom. The molecule has 10 nitrogen and oxygen atoms in total. The molecule has 3 heterocycles. The fraction of sp³-hybridized carbons (Fsp3) is 0.345. The number of fused-ring (bicyclic) bond motifs is 1. The Balaban J connectivity index is 1.20. The van der Waals surface area contributed by atoms with Crippen LogP contribution in [0.1, 0.15) is 77.3 Å². The van der Waals surface area contributed by atoms with Crippen molar-refractivity contribution >= 4 is 29.3 Å². The third-order valence-corrected chi connectivity index (χ3v) is 7.19. The molecule has 4 amide bonds. The molecular formula is C29H29N5O5. The van der Waals surface area contributed by atoms with Gasteiger partial charge < -0.3 is 10.1 Å². The Kier molecular flexibility index (Phi) is 6.17. The molecule has 2 aromatic carbocycles. The quantitative estimate of drug-likeness (QED) is 0.430. The van der Waals surface area contributed by atoms with Gasteiger partial charge in [-0.05, 0) is 68.9 Å². The number of ether oxygens (including phenoxy) is 1. The van der Waals surface area contributed by atoms with Gasteiger partial charge in [0.05, 0.1) is 29.1 Å². The van der Waals surface area contributed by atoms with Gasteiger partial charge in [0.2, 0.25) is 11.8 Å². The zero-order valence-electron chi connectivity index (χ0n) is 21.8. The van der Waals surface area contributed by atoms with E-state index in [4.69, 9.17) is 4.74 Å². The van der Waals surface area contributed by atoms with Crippen molar-refractivity contribution in [2.24, 2.45) is 0 Å². The normalized spacial score (nSPS) is 18.9. The lowest BCUT2D eigenvalue weighted by atomic mass is 10.0. The van der Waals surface area contributed by atoms with Gasteiger partial charge in [0, 0.05) is 36.5 Å². The topological polar surface area (TPSA) is 123 Å². The van der Waals surface area contributed by atoms with Crippen LogP contribution in [0.4, 0.5) is 5.69 Å². The highest BCUT2D eigenvalue weighted by atomic mass is 16.5. The molecule has 3 aliphatic rings. The smallest absolute Gasteiger partial charge is 0.264 e. The summed E-state index contributed by atoms with van der Waals surface area (Å²) < 4.78 is 7.78. The van der Waals surface area contributed by atoms with E-state index in [1.807, 2.05) is 30.8 Å². The van der Waals surface area contributed by atoms with Crippen LogP contribution >= 0.6 is 0 Å². The molecule has 39 heavy (non-hydrogen) atoms. The molecule has 1 aromatic heterocycles. The van der Waals surface area contributed by atoms with Gasteiger partial charge >= 0.3 is 0 Å². The second-order valence-corrected chi connectivity index (χ2v) is 10.5.